The van der Waals surface area contributed by atoms with Crippen LogP contribution in [0.1, 0.15) is 52.7 Å². The number of ether oxygens (including phenoxy) is 5. The SMILES string of the molecule is CCC(C)(C)NC(CSCC1OC(O)C(O)CC1OC1OC(CO)C(O)CC1O)C(=O)NCCC(=O)OCC(=O)Nc1ccn(C2OC(CO)C(O)C2(F)F)c(=O)n1. The number of alkyl halides is 2. The number of aromatic nitrogens is 2. The molecule has 0 radical (unpaired) electrons. The van der Waals surface area contributed by atoms with E-state index in [9.17, 15) is 58.6 Å². The van der Waals surface area contributed by atoms with Crippen LogP contribution in [0.15, 0.2) is 17.1 Å². The van der Waals surface area contributed by atoms with Crippen LogP contribution < -0.4 is 21.6 Å². The molecule has 24 heteroatoms. The minimum absolute atomic E-state index is 0.0855. The Morgan fingerprint density at radius 2 is 1.74 bits per heavy atom. The van der Waals surface area contributed by atoms with E-state index >= 15 is 0 Å². The fourth-order valence-corrected chi connectivity index (χ4v) is 7.26. The molecule has 3 aliphatic heterocycles. The van der Waals surface area contributed by atoms with Crippen molar-refractivity contribution in [1.29, 1.82) is 0 Å². The van der Waals surface area contributed by atoms with Crippen molar-refractivity contribution in [3.8, 4) is 0 Å². The lowest BCUT2D eigenvalue weighted by atomic mass is 10.0. The van der Waals surface area contributed by atoms with Gasteiger partial charge in [-0.15, -0.1) is 0 Å². The fourth-order valence-electron chi connectivity index (χ4n) is 6.12. The highest BCUT2D eigenvalue weighted by Crippen LogP contribution is 2.42. The zero-order chi connectivity index (χ0) is 42.9. The Bertz CT molecular complexity index is 1600. The molecule has 0 spiro atoms. The summed E-state index contributed by atoms with van der Waals surface area (Å²) in [5, 5.41) is 77.4. The Kier molecular flexibility index (Phi) is 17.3. The average Bonchev–Trinajstić information content (AvgIpc) is 3.39. The third-order valence-electron chi connectivity index (χ3n) is 9.79. The second-order valence-electron chi connectivity index (χ2n) is 14.7. The molecule has 1 aromatic rings. The summed E-state index contributed by atoms with van der Waals surface area (Å²) in [5.74, 6) is -6.21. The van der Waals surface area contributed by atoms with Crippen LogP contribution in [0.2, 0.25) is 0 Å². The van der Waals surface area contributed by atoms with E-state index in [1.807, 2.05) is 20.8 Å². The van der Waals surface area contributed by atoms with Gasteiger partial charge in [0, 0.05) is 42.6 Å². The summed E-state index contributed by atoms with van der Waals surface area (Å²) in [6.45, 7) is 3.27. The fraction of sp³-hybridized carbons (Fsp3) is 0.794. The third kappa shape index (κ3) is 12.5. The van der Waals surface area contributed by atoms with Crippen molar-refractivity contribution in [1.82, 2.24) is 20.2 Å². The van der Waals surface area contributed by atoms with Crippen LogP contribution in [0, 0.1) is 0 Å². The lowest BCUT2D eigenvalue weighted by Crippen LogP contribution is -2.56. The maximum Gasteiger partial charge on any atom is 0.351 e. The summed E-state index contributed by atoms with van der Waals surface area (Å²) in [6.07, 6.45) is -14.5. The van der Waals surface area contributed by atoms with Crippen LogP contribution in [0.5, 0.6) is 0 Å². The van der Waals surface area contributed by atoms with Gasteiger partial charge < -0.3 is 75.4 Å². The molecule has 3 fully saturated rings. The summed E-state index contributed by atoms with van der Waals surface area (Å²) in [6, 6.07) is 0.198. The van der Waals surface area contributed by atoms with Crippen LogP contribution in [0.3, 0.4) is 0 Å². The van der Waals surface area contributed by atoms with Gasteiger partial charge in [0.2, 0.25) is 12.1 Å². The van der Waals surface area contributed by atoms with Gasteiger partial charge >= 0.3 is 17.6 Å². The Balaban J connectivity index is 1.24. The molecule has 3 aliphatic rings. The van der Waals surface area contributed by atoms with E-state index in [0.29, 0.717) is 11.0 Å². The van der Waals surface area contributed by atoms with E-state index < -0.39 is 128 Å². The summed E-state index contributed by atoms with van der Waals surface area (Å²) in [5.41, 5.74) is -1.76. The quantitative estimate of drug-likeness (QED) is 0.0609. The van der Waals surface area contributed by atoms with Crippen molar-refractivity contribution in [2.75, 3.05) is 43.2 Å². The molecule has 12 atom stereocenters. The second kappa shape index (κ2) is 21.0. The molecule has 0 bridgehead atoms. The molecule has 330 valence electrons. The maximum atomic E-state index is 14.4. The molecule has 10 N–H and O–H groups in total. The molecule has 0 aromatic carbocycles. The number of hydrogen-bond acceptors (Lipinski definition) is 19. The highest BCUT2D eigenvalue weighted by Gasteiger charge is 2.59. The molecule has 58 heavy (non-hydrogen) atoms. The van der Waals surface area contributed by atoms with Crippen LogP contribution in [0.25, 0.3) is 0 Å². The number of carbonyl (C=O) groups is 3. The smallest absolute Gasteiger partial charge is 0.351 e. The Morgan fingerprint density at radius 3 is 2.38 bits per heavy atom. The highest BCUT2D eigenvalue weighted by molar-refractivity contribution is 7.99. The summed E-state index contributed by atoms with van der Waals surface area (Å²) in [4.78, 5) is 53.9. The summed E-state index contributed by atoms with van der Waals surface area (Å²) in [7, 11) is 0. The first-order chi connectivity index (χ1) is 27.3. The largest absolute Gasteiger partial charge is 0.456 e. The number of nitrogens with one attached hydrogen (secondary N) is 3. The van der Waals surface area contributed by atoms with Gasteiger partial charge in [-0.3, -0.25) is 19.0 Å². The van der Waals surface area contributed by atoms with Crippen LogP contribution in [-0.2, 0) is 38.1 Å². The first-order valence-electron chi connectivity index (χ1n) is 18.6. The number of carbonyl (C=O) groups excluding carboxylic acids is 3. The monoisotopic (exact) mass is 857 g/mol. The standard InChI is InChI=1S/C34H53F2N5O16S/c1-4-33(2,3)40-16(14-58-15-23-20(10-18(45)29(51)54-23)55-30-19(46)9-17(44)21(11-42)56-30)28(50)37-7-5-26(48)53-13-25(47)38-24-6-8-41(32(52)39-24)31-34(35,36)27(49)22(12-43)57-31/h6,8,16-23,27,29-31,40,42-46,49,51H,4-5,7,9-15H2,1-3H3,(H,37,50)(H,38,39,47,52). The maximum absolute atomic E-state index is 14.4. The Labute approximate surface area is 335 Å². The van der Waals surface area contributed by atoms with Crippen molar-refractivity contribution in [3.63, 3.8) is 0 Å². The lowest BCUT2D eigenvalue weighted by molar-refractivity contribution is -0.317. The van der Waals surface area contributed by atoms with Gasteiger partial charge in [-0.1, -0.05) is 6.92 Å². The predicted octanol–water partition coefficient (Wildman–Crippen LogP) is -3.32. The molecule has 1 aromatic heterocycles. The number of anilines is 1. The van der Waals surface area contributed by atoms with Gasteiger partial charge in [0.25, 0.3) is 5.91 Å². The van der Waals surface area contributed by atoms with Crippen LogP contribution in [-0.4, -0.2) is 180 Å². The Hall–Kier alpha value is -2.98. The van der Waals surface area contributed by atoms with Crippen LogP contribution >= 0.6 is 11.8 Å². The lowest BCUT2D eigenvalue weighted by Gasteiger charge is -2.42. The number of halogens is 2. The highest BCUT2D eigenvalue weighted by atomic mass is 32.2. The minimum atomic E-state index is -3.93. The number of aliphatic hydroxyl groups excluding tert-OH is 7. The van der Waals surface area contributed by atoms with Crippen molar-refractivity contribution >= 4 is 35.4 Å². The average molecular weight is 858 g/mol. The first-order valence-corrected chi connectivity index (χ1v) is 19.7. The van der Waals surface area contributed by atoms with E-state index in [4.69, 9.17) is 28.8 Å². The molecule has 12 unspecified atom stereocenters. The molecule has 21 nitrogen and oxygen atoms in total. The first kappa shape index (κ1) is 47.7. The number of thioether (sulfide) groups is 1. The van der Waals surface area contributed by atoms with Gasteiger partial charge in [0.05, 0.1) is 44.0 Å². The van der Waals surface area contributed by atoms with E-state index in [2.05, 4.69) is 20.9 Å². The molecule has 2 amide bonds. The minimum Gasteiger partial charge on any atom is -0.456 e. The van der Waals surface area contributed by atoms with Gasteiger partial charge in [-0.25, -0.2) is 4.79 Å². The topological polar surface area (TPSA) is 310 Å². The van der Waals surface area contributed by atoms with E-state index in [1.54, 1.807) is 0 Å². The summed E-state index contributed by atoms with van der Waals surface area (Å²) < 4.78 is 56.1. The number of hydrogen-bond donors (Lipinski definition) is 10. The van der Waals surface area contributed by atoms with E-state index in [0.717, 1.165) is 12.3 Å². The van der Waals surface area contributed by atoms with Crippen molar-refractivity contribution in [2.45, 2.75) is 132 Å². The van der Waals surface area contributed by atoms with Crippen molar-refractivity contribution in [3.05, 3.63) is 22.7 Å². The second-order valence-corrected chi connectivity index (χ2v) is 15.8. The molecular weight excluding hydrogens is 804 g/mol. The van der Waals surface area contributed by atoms with Crippen molar-refractivity contribution < 1.29 is 82.6 Å². The molecule has 3 saturated heterocycles. The molecule has 4 heterocycles. The summed E-state index contributed by atoms with van der Waals surface area (Å²) >= 11 is 1.26. The number of esters is 1. The number of nitrogens with zero attached hydrogens (tertiary/aromatic N) is 2. The number of aliphatic hydroxyl groups is 7. The number of amides is 2. The van der Waals surface area contributed by atoms with Crippen molar-refractivity contribution in [2.24, 2.45) is 0 Å². The van der Waals surface area contributed by atoms with Gasteiger partial charge in [0.15, 0.2) is 25.3 Å². The third-order valence-corrected chi connectivity index (χ3v) is 10.9. The molecule has 4 rings (SSSR count). The van der Waals surface area contributed by atoms with Gasteiger partial charge in [0.1, 0.15) is 30.2 Å². The zero-order valence-corrected chi connectivity index (χ0v) is 32.8. The molecule has 0 aliphatic carbocycles. The van der Waals surface area contributed by atoms with E-state index in [1.165, 1.54) is 11.8 Å². The van der Waals surface area contributed by atoms with E-state index in [-0.39, 0.29) is 43.1 Å². The molecule has 0 saturated carbocycles. The normalized spacial score (nSPS) is 31.7. The zero-order valence-electron chi connectivity index (χ0n) is 32.0. The van der Waals surface area contributed by atoms with Gasteiger partial charge in [-0.05, 0) is 26.3 Å². The molecular formula is C34H53F2N5O16S. The Morgan fingerprint density at radius 1 is 1.03 bits per heavy atom. The number of rotatable bonds is 19. The van der Waals surface area contributed by atoms with Crippen LogP contribution in [0.4, 0.5) is 14.6 Å². The predicted molar refractivity (Wildman–Crippen MR) is 195 cm³/mol. The van der Waals surface area contributed by atoms with Gasteiger partial charge in [-0.2, -0.15) is 25.5 Å².